The van der Waals surface area contributed by atoms with E-state index in [9.17, 15) is 15.2 Å². The summed E-state index contributed by atoms with van der Waals surface area (Å²) in [5, 5.41) is 21.9. The molecule has 2 heterocycles. The minimum atomic E-state index is -1.53. The molecule has 7 heteroatoms. The molecule has 0 radical (unpaired) electrons. The van der Waals surface area contributed by atoms with Crippen LogP contribution in [0.1, 0.15) is 23.5 Å². The fourth-order valence-electron chi connectivity index (χ4n) is 3.93. The first-order valence-electron chi connectivity index (χ1n) is 9.13. The second kappa shape index (κ2) is 7.47. The molecule has 2 aromatic carbocycles. The number of rotatable bonds is 4. The summed E-state index contributed by atoms with van der Waals surface area (Å²) in [6.45, 7) is 0. The molecule has 6 nitrogen and oxygen atoms in total. The summed E-state index contributed by atoms with van der Waals surface area (Å²) in [7, 11) is 3.12. The van der Waals surface area contributed by atoms with Crippen LogP contribution in [0.25, 0.3) is 0 Å². The van der Waals surface area contributed by atoms with E-state index in [-0.39, 0.29) is 18.1 Å². The number of carbonyl (C=O) groups excluding carboxylic acids is 1. The zero-order valence-electron chi connectivity index (χ0n) is 16.1. The molecule has 1 saturated heterocycles. The predicted molar refractivity (Wildman–Crippen MR) is 109 cm³/mol. The summed E-state index contributed by atoms with van der Waals surface area (Å²) in [5.74, 6) is 0.832. The molecule has 29 heavy (non-hydrogen) atoms. The zero-order chi connectivity index (χ0) is 20.6. The van der Waals surface area contributed by atoms with Gasteiger partial charge in [0.2, 0.25) is 5.91 Å². The largest absolute Gasteiger partial charge is 0.497 e. The summed E-state index contributed by atoms with van der Waals surface area (Å²) < 4.78 is 10.7. The Morgan fingerprint density at radius 1 is 1.21 bits per heavy atom. The fourth-order valence-corrected chi connectivity index (χ4v) is 5.29. The van der Waals surface area contributed by atoms with E-state index in [1.165, 1.54) is 16.7 Å². The first-order valence-corrected chi connectivity index (χ1v) is 10.1. The van der Waals surface area contributed by atoms with Gasteiger partial charge in [-0.25, -0.2) is 0 Å². The van der Waals surface area contributed by atoms with Crippen LogP contribution in [0.5, 0.6) is 11.5 Å². The second-order valence-corrected chi connectivity index (χ2v) is 7.86. The molecule has 1 N–H and O–H groups in total. The van der Waals surface area contributed by atoms with Crippen LogP contribution in [-0.2, 0) is 10.5 Å². The fraction of sp³-hybridized carbons (Fsp3) is 0.273. The highest BCUT2D eigenvalue weighted by atomic mass is 32.2. The summed E-state index contributed by atoms with van der Waals surface area (Å²) >= 11 is 1.32. The van der Waals surface area contributed by atoms with Crippen LogP contribution in [0.4, 0.5) is 0 Å². The van der Waals surface area contributed by atoms with Crippen molar-refractivity contribution in [3.63, 3.8) is 0 Å². The van der Waals surface area contributed by atoms with Gasteiger partial charge in [-0.2, -0.15) is 5.26 Å². The number of nitrogens with zero attached hydrogens (tertiary/aromatic N) is 2. The number of allylic oxidation sites excluding steroid dienone is 1. The average Bonchev–Trinajstić information content (AvgIpc) is 3.13. The summed E-state index contributed by atoms with van der Waals surface area (Å²) in [4.78, 5) is 14.6. The van der Waals surface area contributed by atoms with E-state index in [4.69, 9.17) is 9.47 Å². The monoisotopic (exact) mass is 408 g/mol. The number of benzene rings is 2. The Kier molecular flexibility index (Phi) is 4.99. The number of carbonyl (C=O) groups is 1. The molecule has 0 aliphatic carbocycles. The highest BCUT2D eigenvalue weighted by molar-refractivity contribution is 8.03. The second-order valence-electron chi connectivity index (χ2n) is 6.90. The van der Waals surface area contributed by atoms with Gasteiger partial charge in [0.1, 0.15) is 11.5 Å². The van der Waals surface area contributed by atoms with Crippen molar-refractivity contribution in [3.8, 4) is 17.6 Å². The Morgan fingerprint density at radius 2 is 2.00 bits per heavy atom. The normalized spacial score (nSPS) is 23.6. The van der Waals surface area contributed by atoms with Crippen LogP contribution in [0.2, 0.25) is 0 Å². The van der Waals surface area contributed by atoms with Gasteiger partial charge >= 0.3 is 0 Å². The molecule has 2 unspecified atom stereocenters. The molecular formula is C22H20N2O4S. The van der Waals surface area contributed by atoms with Crippen molar-refractivity contribution >= 4 is 17.7 Å². The number of hydrogen-bond donors (Lipinski definition) is 1. The third-order valence-electron chi connectivity index (χ3n) is 5.36. The van der Waals surface area contributed by atoms with Crippen molar-refractivity contribution in [2.24, 2.45) is 0 Å². The molecule has 0 spiro atoms. The van der Waals surface area contributed by atoms with Crippen molar-refractivity contribution in [3.05, 3.63) is 70.3 Å². The molecule has 2 aliphatic heterocycles. The molecule has 4 rings (SSSR count). The number of nitriles is 1. The minimum absolute atomic E-state index is 0.0829. The third-order valence-corrected chi connectivity index (χ3v) is 6.58. The van der Waals surface area contributed by atoms with E-state index in [2.05, 4.69) is 6.07 Å². The third kappa shape index (κ3) is 3.05. The van der Waals surface area contributed by atoms with Gasteiger partial charge in [0.15, 0.2) is 5.72 Å². The van der Waals surface area contributed by atoms with Gasteiger partial charge in [-0.15, -0.1) is 11.8 Å². The van der Waals surface area contributed by atoms with Crippen LogP contribution in [-0.4, -0.2) is 35.9 Å². The van der Waals surface area contributed by atoms with Crippen molar-refractivity contribution in [1.82, 2.24) is 4.90 Å². The molecule has 2 aliphatic rings. The molecule has 0 bridgehead atoms. The van der Waals surface area contributed by atoms with Crippen LogP contribution in [0.15, 0.2) is 59.1 Å². The van der Waals surface area contributed by atoms with E-state index in [1.54, 1.807) is 38.5 Å². The van der Waals surface area contributed by atoms with Crippen LogP contribution in [0, 0.1) is 11.3 Å². The van der Waals surface area contributed by atoms with E-state index in [1.807, 2.05) is 24.3 Å². The Labute approximate surface area is 173 Å². The van der Waals surface area contributed by atoms with E-state index >= 15 is 0 Å². The number of ether oxygens (including phenoxy) is 2. The summed E-state index contributed by atoms with van der Waals surface area (Å²) in [6, 6.07) is 16.7. The predicted octanol–water partition coefficient (Wildman–Crippen LogP) is 3.35. The van der Waals surface area contributed by atoms with Gasteiger partial charge in [-0.05, 0) is 18.2 Å². The molecule has 148 valence electrons. The van der Waals surface area contributed by atoms with Crippen LogP contribution < -0.4 is 9.47 Å². The van der Waals surface area contributed by atoms with Gasteiger partial charge in [-0.1, -0.05) is 30.3 Å². The molecular weight excluding hydrogens is 388 g/mol. The number of amides is 1. The summed E-state index contributed by atoms with van der Waals surface area (Å²) in [5.41, 5.74) is 0.294. The molecule has 2 aromatic rings. The number of methoxy groups -OCH3 is 2. The maximum Gasteiger partial charge on any atom is 0.231 e. The number of thioether (sulfide) groups is 1. The molecule has 0 saturated carbocycles. The van der Waals surface area contributed by atoms with Gasteiger partial charge < -0.3 is 14.6 Å². The average molecular weight is 408 g/mol. The lowest BCUT2D eigenvalue weighted by Gasteiger charge is -2.38. The lowest BCUT2D eigenvalue weighted by Crippen LogP contribution is -2.48. The van der Waals surface area contributed by atoms with Crippen LogP contribution in [0.3, 0.4) is 0 Å². The van der Waals surface area contributed by atoms with Crippen molar-refractivity contribution < 1.29 is 19.4 Å². The molecule has 0 aromatic heterocycles. The first-order chi connectivity index (χ1) is 14.0. The molecule has 1 amide bonds. The quantitative estimate of drug-likeness (QED) is 0.835. The SMILES string of the molecule is COc1cccc(C2(O)CSC3=C(C#N)C(c4ccccc4OC)CC(=O)N32)c1. The number of aliphatic hydroxyl groups is 1. The number of fused-ring (bicyclic) bond motifs is 1. The Balaban J connectivity index is 1.82. The summed E-state index contributed by atoms with van der Waals surface area (Å²) in [6.07, 6.45) is 0.0829. The molecule has 1 fully saturated rings. The Morgan fingerprint density at radius 3 is 2.72 bits per heavy atom. The lowest BCUT2D eigenvalue weighted by atomic mass is 9.85. The maximum atomic E-state index is 13.2. The Hall–Kier alpha value is -2.95. The number of para-hydroxylation sites is 1. The van der Waals surface area contributed by atoms with E-state index in [0.717, 1.165) is 5.56 Å². The minimum Gasteiger partial charge on any atom is -0.497 e. The topological polar surface area (TPSA) is 82.8 Å². The van der Waals surface area contributed by atoms with E-state index in [0.29, 0.717) is 27.7 Å². The highest BCUT2D eigenvalue weighted by Gasteiger charge is 2.52. The van der Waals surface area contributed by atoms with E-state index < -0.39 is 11.6 Å². The van der Waals surface area contributed by atoms with Crippen molar-refractivity contribution in [2.45, 2.75) is 18.1 Å². The van der Waals surface area contributed by atoms with Gasteiger partial charge in [0.25, 0.3) is 0 Å². The molecule has 2 atom stereocenters. The van der Waals surface area contributed by atoms with Crippen molar-refractivity contribution in [1.29, 1.82) is 5.26 Å². The smallest absolute Gasteiger partial charge is 0.231 e. The van der Waals surface area contributed by atoms with Crippen LogP contribution >= 0.6 is 11.8 Å². The van der Waals surface area contributed by atoms with Gasteiger partial charge in [0.05, 0.1) is 36.6 Å². The van der Waals surface area contributed by atoms with Gasteiger partial charge in [-0.3, -0.25) is 9.69 Å². The van der Waals surface area contributed by atoms with Gasteiger partial charge in [0, 0.05) is 23.5 Å². The standard InChI is InChI=1S/C22H20N2O4S/c1-27-15-7-5-6-14(10-15)22(26)13-29-21-18(12-23)17(11-20(25)24(21)22)16-8-3-4-9-19(16)28-2/h3-10,17,26H,11,13H2,1-2H3. The van der Waals surface area contributed by atoms with Crippen molar-refractivity contribution in [2.75, 3.05) is 20.0 Å². The first kappa shape index (κ1) is 19.4. The maximum absolute atomic E-state index is 13.2. The zero-order valence-corrected chi connectivity index (χ0v) is 16.9. The highest BCUT2D eigenvalue weighted by Crippen LogP contribution is 2.52. The Bertz CT molecular complexity index is 1050. The number of hydrogen-bond acceptors (Lipinski definition) is 6. The lowest BCUT2D eigenvalue weighted by molar-refractivity contribution is -0.149.